The molecule has 0 amide bonds. The molecule has 92 valence electrons. The molecule has 0 radical (unpaired) electrons. The molecule has 1 fully saturated rings. The molecule has 0 N–H and O–H groups in total. The van der Waals surface area contributed by atoms with Crippen LogP contribution in [0.5, 0.6) is 5.75 Å². The minimum atomic E-state index is -0.428. The second kappa shape index (κ2) is 5.27. The van der Waals surface area contributed by atoms with E-state index in [2.05, 4.69) is 0 Å². The van der Waals surface area contributed by atoms with Crippen LogP contribution in [-0.2, 0) is 4.74 Å². The van der Waals surface area contributed by atoms with Gasteiger partial charge in [-0.2, -0.15) is 0 Å². The number of ether oxygens (including phenoxy) is 2. The third-order valence-corrected chi connectivity index (χ3v) is 2.73. The van der Waals surface area contributed by atoms with Crippen LogP contribution in [0.2, 0.25) is 0 Å². The standard InChI is InChI=1S/C13H15FO3/c1-9(15)12-7-10(14)4-5-13(12)17-11-3-2-6-16-8-11/h4-5,7,11H,2-3,6,8H2,1H3. The van der Waals surface area contributed by atoms with Crippen LogP contribution in [0.15, 0.2) is 18.2 Å². The van der Waals surface area contributed by atoms with Crippen molar-refractivity contribution in [2.45, 2.75) is 25.9 Å². The van der Waals surface area contributed by atoms with Gasteiger partial charge in [0.25, 0.3) is 0 Å². The molecule has 4 heteroatoms. The quantitative estimate of drug-likeness (QED) is 0.759. The van der Waals surface area contributed by atoms with Gasteiger partial charge in [0.2, 0.25) is 0 Å². The Balaban J connectivity index is 2.16. The van der Waals surface area contributed by atoms with Gasteiger partial charge in [0, 0.05) is 6.61 Å². The zero-order valence-electron chi connectivity index (χ0n) is 9.74. The Morgan fingerprint density at radius 1 is 1.53 bits per heavy atom. The maximum absolute atomic E-state index is 13.1. The molecule has 0 bridgehead atoms. The zero-order chi connectivity index (χ0) is 12.3. The summed E-state index contributed by atoms with van der Waals surface area (Å²) < 4.78 is 24.0. The van der Waals surface area contributed by atoms with Crippen molar-refractivity contribution in [1.29, 1.82) is 0 Å². The molecule has 1 aromatic rings. The Labute approximate surface area is 99.5 Å². The van der Waals surface area contributed by atoms with Gasteiger partial charge in [-0.1, -0.05) is 0 Å². The van der Waals surface area contributed by atoms with Gasteiger partial charge in [-0.15, -0.1) is 0 Å². The van der Waals surface area contributed by atoms with E-state index in [9.17, 15) is 9.18 Å². The number of hydrogen-bond acceptors (Lipinski definition) is 3. The molecule has 0 aromatic heterocycles. The van der Waals surface area contributed by atoms with Crippen molar-refractivity contribution in [3.8, 4) is 5.75 Å². The smallest absolute Gasteiger partial charge is 0.163 e. The van der Waals surface area contributed by atoms with E-state index < -0.39 is 5.82 Å². The fraction of sp³-hybridized carbons (Fsp3) is 0.462. The van der Waals surface area contributed by atoms with E-state index in [1.54, 1.807) is 0 Å². The number of carbonyl (C=O) groups is 1. The molecule has 1 aromatic carbocycles. The van der Waals surface area contributed by atoms with Crippen molar-refractivity contribution in [3.63, 3.8) is 0 Å². The monoisotopic (exact) mass is 238 g/mol. The number of hydrogen-bond donors (Lipinski definition) is 0. The lowest BCUT2D eigenvalue weighted by Gasteiger charge is -2.24. The Bertz CT molecular complexity index is 411. The second-order valence-corrected chi connectivity index (χ2v) is 4.15. The van der Waals surface area contributed by atoms with E-state index in [-0.39, 0.29) is 17.5 Å². The molecule has 1 saturated heterocycles. The van der Waals surface area contributed by atoms with Crippen molar-refractivity contribution < 1.29 is 18.7 Å². The summed E-state index contributed by atoms with van der Waals surface area (Å²) in [5.41, 5.74) is 0.288. The number of Topliss-reactive ketones (excluding diaryl/α,β-unsaturated/α-hetero) is 1. The maximum atomic E-state index is 13.1. The summed E-state index contributed by atoms with van der Waals surface area (Å²) in [5.74, 6) is -0.187. The largest absolute Gasteiger partial charge is 0.487 e. The molecular weight excluding hydrogens is 223 g/mol. The molecule has 17 heavy (non-hydrogen) atoms. The zero-order valence-corrected chi connectivity index (χ0v) is 9.74. The molecule has 1 aliphatic heterocycles. The first kappa shape index (κ1) is 12.0. The van der Waals surface area contributed by atoms with Crippen LogP contribution >= 0.6 is 0 Å². The van der Waals surface area contributed by atoms with Gasteiger partial charge in [-0.25, -0.2) is 4.39 Å². The van der Waals surface area contributed by atoms with Gasteiger partial charge < -0.3 is 9.47 Å². The number of benzene rings is 1. The number of rotatable bonds is 3. The number of carbonyl (C=O) groups excluding carboxylic acids is 1. The van der Waals surface area contributed by atoms with Crippen molar-refractivity contribution in [3.05, 3.63) is 29.6 Å². The molecule has 3 nitrogen and oxygen atoms in total. The van der Waals surface area contributed by atoms with Crippen LogP contribution in [0, 0.1) is 5.82 Å². The summed E-state index contributed by atoms with van der Waals surface area (Å²) in [4.78, 5) is 11.4. The summed E-state index contributed by atoms with van der Waals surface area (Å²) in [6.45, 7) is 2.68. The lowest BCUT2D eigenvalue weighted by molar-refractivity contribution is 0.00709. The summed E-state index contributed by atoms with van der Waals surface area (Å²) in [6.07, 6.45) is 1.79. The van der Waals surface area contributed by atoms with Gasteiger partial charge in [0.1, 0.15) is 17.7 Å². The fourth-order valence-corrected chi connectivity index (χ4v) is 1.86. The van der Waals surface area contributed by atoms with Gasteiger partial charge in [0.15, 0.2) is 5.78 Å². The predicted molar refractivity (Wildman–Crippen MR) is 60.9 cm³/mol. The van der Waals surface area contributed by atoms with E-state index >= 15 is 0 Å². The molecule has 0 aliphatic carbocycles. The Hall–Kier alpha value is -1.42. The topological polar surface area (TPSA) is 35.5 Å². The van der Waals surface area contributed by atoms with E-state index in [0.717, 1.165) is 19.4 Å². The van der Waals surface area contributed by atoms with E-state index in [0.29, 0.717) is 12.4 Å². The van der Waals surface area contributed by atoms with Crippen molar-refractivity contribution in [1.82, 2.24) is 0 Å². The van der Waals surface area contributed by atoms with Crippen LogP contribution in [0.3, 0.4) is 0 Å². The average Bonchev–Trinajstić information content (AvgIpc) is 2.32. The van der Waals surface area contributed by atoms with Gasteiger partial charge in [0.05, 0.1) is 12.2 Å². The highest BCUT2D eigenvalue weighted by Gasteiger charge is 2.18. The Morgan fingerprint density at radius 2 is 2.35 bits per heavy atom. The van der Waals surface area contributed by atoms with E-state index in [4.69, 9.17) is 9.47 Å². The molecule has 0 saturated carbocycles. The van der Waals surface area contributed by atoms with Gasteiger partial charge in [-0.3, -0.25) is 4.79 Å². The predicted octanol–water partition coefficient (Wildman–Crippen LogP) is 2.59. The minimum absolute atomic E-state index is 0.0488. The van der Waals surface area contributed by atoms with Crippen LogP contribution in [0.1, 0.15) is 30.1 Å². The van der Waals surface area contributed by atoms with Crippen molar-refractivity contribution in [2.24, 2.45) is 0 Å². The highest BCUT2D eigenvalue weighted by molar-refractivity contribution is 5.96. The lowest BCUT2D eigenvalue weighted by Crippen LogP contribution is -2.28. The van der Waals surface area contributed by atoms with Crippen LogP contribution in [0.4, 0.5) is 4.39 Å². The van der Waals surface area contributed by atoms with Crippen molar-refractivity contribution in [2.75, 3.05) is 13.2 Å². The molecule has 2 rings (SSSR count). The third-order valence-electron chi connectivity index (χ3n) is 2.73. The maximum Gasteiger partial charge on any atom is 0.163 e. The van der Waals surface area contributed by atoms with Crippen LogP contribution in [0.25, 0.3) is 0 Å². The SMILES string of the molecule is CC(=O)c1cc(F)ccc1OC1CCCOC1. The molecular formula is C13H15FO3. The second-order valence-electron chi connectivity index (χ2n) is 4.15. The van der Waals surface area contributed by atoms with E-state index in [1.807, 2.05) is 0 Å². The average molecular weight is 238 g/mol. The van der Waals surface area contributed by atoms with Crippen LogP contribution in [-0.4, -0.2) is 25.1 Å². The number of halogens is 1. The third kappa shape index (κ3) is 3.03. The molecule has 1 aliphatic rings. The first-order valence-corrected chi connectivity index (χ1v) is 5.71. The molecule has 1 unspecified atom stereocenters. The first-order valence-electron chi connectivity index (χ1n) is 5.71. The molecule has 0 spiro atoms. The summed E-state index contributed by atoms with van der Waals surface area (Å²) in [7, 11) is 0. The number of ketones is 1. The highest BCUT2D eigenvalue weighted by Crippen LogP contribution is 2.23. The highest BCUT2D eigenvalue weighted by atomic mass is 19.1. The molecule has 1 atom stereocenters. The Kier molecular flexibility index (Phi) is 3.74. The summed E-state index contributed by atoms with van der Waals surface area (Å²) in [5, 5.41) is 0. The minimum Gasteiger partial charge on any atom is -0.487 e. The van der Waals surface area contributed by atoms with Crippen LogP contribution < -0.4 is 4.74 Å². The van der Waals surface area contributed by atoms with E-state index in [1.165, 1.54) is 25.1 Å². The fourth-order valence-electron chi connectivity index (χ4n) is 1.86. The van der Waals surface area contributed by atoms with Crippen molar-refractivity contribution >= 4 is 5.78 Å². The summed E-state index contributed by atoms with van der Waals surface area (Å²) in [6, 6.07) is 4.01. The molecule has 1 heterocycles. The summed E-state index contributed by atoms with van der Waals surface area (Å²) >= 11 is 0. The first-order chi connectivity index (χ1) is 8.16. The van der Waals surface area contributed by atoms with Gasteiger partial charge >= 0.3 is 0 Å². The Morgan fingerprint density at radius 3 is 3.00 bits per heavy atom. The lowest BCUT2D eigenvalue weighted by atomic mass is 10.1. The van der Waals surface area contributed by atoms with Gasteiger partial charge in [-0.05, 0) is 38.0 Å². The normalized spacial score (nSPS) is 20.0.